The lowest BCUT2D eigenvalue weighted by molar-refractivity contribution is 0.250. The largest absolute Gasteiger partial charge is 0.468 e. The number of furan rings is 1. The number of nitrogens with one attached hydrogen (secondary N) is 1. The maximum absolute atomic E-state index is 11.8. The first-order chi connectivity index (χ1) is 12.0. The Bertz CT molecular complexity index is 916. The predicted octanol–water partition coefficient (Wildman–Crippen LogP) is 3.74. The van der Waals surface area contributed by atoms with Crippen LogP contribution in [0.3, 0.4) is 0 Å². The van der Waals surface area contributed by atoms with Gasteiger partial charge in [-0.2, -0.15) is 0 Å². The van der Waals surface area contributed by atoms with Gasteiger partial charge in [-0.05, 0) is 56.4 Å². The van der Waals surface area contributed by atoms with Crippen molar-refractivity contribution in [1.82, 2.24) is 10.2 Å². The average molecular weight is 361 g/mol. The van der Waals surface area contributed by atoms with Gasteiger partial charge in [0.15, 0.2) is 0 Å². The molecular formula is C19H21ClN2O3. The van der Waals surface area contributed by atoms with Crippen molar-refractivity contribution in [2.75, 3.05) is 20.6 Å². The van der Waals surface area contributed by atoms with Crippen LogP contribution in [-0.2, 0) is 6.54 Å². The zero-order chi connectivity index (χ0) is 18.0. The van der Waals surface area contributed by atoms with Gasteiger partial charge >= 0.3 is 5.63 Å². The van der Waals surface area contributed by atoms with Gasteiger partial charge in [-0.1, -0.05) is 11.6 Å². The Hall–Kier alpha value is -2.08. The zero-order valence-electron chi connectivity index (χ0n) is 14.5. The Kier molecular flexibility index (Phi) is 5.27. The van der Waals surface area contributed by atoms with E-state index in [0.29, 0.717) is 23.7 Å². The molecule has 5 nitrogen and oxygen atoms in total. The van der Waals surface area contributed by atoms with E-state index in [1.807, 2.05) is 39.2 Å². The predicted molar refractivity (Wildman–Crippen MR) is 99.1 cm³/mol. The van der Waals surface area contributed by atoms with Crippen LogP contribution in [0.5, 0.6) is 0 Å². The number of hydrogen-bond donors (Lipinski definition) is 1. The fourth-order valence-electron chi connectivity index (χ4n) is 2.86. The molecule has 3 rings (SSSR count). The van der Waals surface area contributed by atoms with Gasteiger partial charge in [-0.3, -0.25) is 4.90 Å². The first-order valence-electron chi connectivity index (χ1n) is 8.09. The van der Waals surface area contributed by atoms with E-state index in [4.69, 9.17) is 20.4 Å². The van der Waals surface area contributed by atoms with E-state index in [0.717, 1.165) is 22.3 Å². The van der Waals surface area contributed by atoms with Gasteiger partial charge in [0.25, 0.3) is 0 Å². The maximum atomic E-state index is 11.8. The van der Waals surface area contributed by atoms with Crippen molar-refractivity contribution >= 4 is 22.6 Å². The molecule has 25 heavy (non-hydrogen) atoms. The van der Waals surface area contributed by atoms with E-state index in [-0.39, 0.29) is 11.7 Å². The summed E-state index contributed by atoms with van der Waals surface area (Å²) in [4.78, 5) is 13.9. The summed E-state index contributed by atoms with van der Waals surface area (Å²) in [5.74, 6) is 0.897. The number of aryl methyl sites for hydroxylation is 1. The number of hydrogen-bond acceptors (Lipinski definition) is 5. The van der Waals surface area contributed by atoms with Crippen LogP contribution < -0.4 is 10.9 Å². The summed E-state index contributed by atoms with van der Waals surface area (Å²) >= 11 is 6.23. The van der Waals surface area contributed by atoms with Crippen LogP contribution in [0.1, 0.15) is 22.9 Å². The molecule has 0 amide bonds. The van der Waals surface area contributed by atoms with Crippen molar-refractivity contribution < 1.29 is 8.83 Å². The molecule has 0 aliphatic carbocycles. The summed E-state index contributed by atoms with van der Waals surface area (Å²) in [6.07, 6.45) is 1.67. The standard InChI is InChI=1S/C19H21ClN2O3/c1-12-7-18-14(9-15(12)20)13(8-19(23)25-18)10-21-11-16(22(2)3)17-5-4-6-24-17/h4-9,16,21H,10-11H2,1-3H3/t16-/m1/s1. The number of fused-ring (bicyclic) bond motifs is 1. The van der Waals surface area contributed by atoms with Crippen molar-refractivity contribution in [2.45, 2.75) is 19.5 Å². The van der Waals surface area contributed by atoms with Gasteiger partial charge < -0.3 is 14.2 Å². The molecule has 1 aromatic carbocycles. The van der Waals surface area contributed by atoms with E-state index < -0.39 is 0 Å². The molecule has 0 unspecified atom stereocenters. The minimum absolute atomic E-state index is 0.104. The summed E-state index contributed by atoms with van der Waals surface area (Å²) in [5, 5.41) is 4.91. The van der Waals surface area contributed by atoms with Crippen molar-refractivity contribution in [2.24, 2.45) is 0 Å². The molecule has 0 saturated carbocycles. The second kappa shape index (κ2) is 7.44. The number of benzene rings is 1. The lowest BCUT2D eigenvalue weighted by atomic mass is 10.1. The van der Waals surface area contributed by atoms with Crippen molar-refractivity contribution in [3.05, 3.63) is 68.9 Å². The van der Waals surface area contributed by atoms with Crippen LogP contribution in [0.4, 0.5) is 0 Å². The van der Waals surface area contributed by atoms with Crippen LogP contribution in [0.2, 0.25) is 5.02 Å². The monoisotopic (exact) mass is 360 g/mol. The van der Waals surface area contributed by atoms with Gasteiger partial charge in [-0.25, -0.2) is 4.79 Å². The minimum Gasteiger partial charge on any atom is -0.468 e. The molecule has 0 fully saturated rings. The summed E-state index contributed by atoms with van der Waals surface area (Å²) < 4.78 is 10.8. The Morgan fingerprint density at radius 1 is 1.28 bits per heavy atom. The zero-order valence-corrected chi connectivity index (χ0v) is 15.3. The summed E-state index contributed by atoms with van der Waals surface area (Å²) in [7, 11) is 4.01. The minimum atomic E-state index is -0.360. The lowest BCUT2D eigenvalue weighted by Gasteiger charge is -2.22. The van der Waals surface area contributed by atoms with Crippen molar-refractivity contribution in [1.29, 1.82) is 0 Å². The molecule has 132 valence electrons. The van der Waals surface area contributed by atoms with Crippen molar-refractivity contribution in [3.63, 3.8) is 0 Å². The Morgan fingerprint density at radius 3 is 2.76 bits per heavy atom. The van der Waals surface area contributed by atoms with Crippen LogP contribution in [0.15, 0.2) is 50.2 Å². The number of halogens is 1. The van der Waals surface area contributed by atoms with Gasteiger partial charge in [0.2, 0.25) is 0 Å². The topological polar surface area (TPSA) is 58.6 Å². The van der Waals surface area contributed by atoms with Gasteiger partial charge in [-0.15, -0.1) is 0 Å². The van der Waals surface area contributed by atoms with E-state index in [1.54, 1.807) is 12.3 Å². The van der Waals surface area contributed by atoms with Crippen LogP contribution in [-0.4, -0.2) is 25.5 Å². The summed E-state index contributed by atoms with van der Waals surface area (Å²) in [5.41, 5.74) is 1.95. The highest BCUT2D eigenvalue weighted by atomic mass is 35.5. The molecule has 0 spiro atoms. The van der Waals surface area contributed by atoms with Gasteiger partial charge in [0.05, 0.1) is 12.3 Å². The van der Waals surface area contributed by atoms with Crippen molar-refractivity contribution in [3.8, 4) is 0 Å². The molecule has 3 aromatic rings. The number of likely N-dealkylation sites (N-methyl/N-ethyl adjacent to an activating group) is 1. The first-order valence-corrected chi connectivity index (χ1v) is 8.47. The third-order valence-electron chi connectivity index (χ3n) is 4.26. The van der Waals surface area contributed by atoms with E-state index in [9.17, 15) is 4.79 Å². The molecule has 2 heterocycles. The summed E-state index contributed by atoms with van der Waals surface area (Å²) in [6.45, 7) is 3.10. The molecular weight excluding hydrogens is 340 g/mol. The third kappa shape index (κ3) is 3.95. The van der Waals surface area contributed by atoms with Crippen LogP contribution >= 0.6 is 11.6 Å². The first kappa shape index (κ1) is 17.7. The highest BCUT2D eigenvalue weighted by Crippen LogP contribution is 2.25. The maximum Gasteiger partial charge on any atom is 0.336 e. The van der Waals surface area contributed by atoms with Crippen LogP contribution in [0.25, 0.3) is 11.0 Å². The average Bonchev–Trinajstić information content (AvgIpc) is 3.06. The number of nitrogens with zero attached hydrogens (tertiary/aromatic N) is 1. The Balaban J connectivity index is 1.81. The number of rotatable bonds is 6. The molecule has 0 aliphatic rings. The van der Waals surface area contributed by atoms with E-state index in [2.05, 4.69) is 10.2 Å². The second-order valence-corrected chi connectivity index (χ2v) is 6.72. The molecule has 6 heteroatoms. The van der Waals surface area contributed by atoms with Gasteiger partial charge in [0.1, 0.15) is 11.3 Å². The third-order valence-corrected chi connectivity index (χ3v) is 4.66. The fourth-order valence-corrected chi connectivity index (χ4v) is 3.02. The Labute approximate surface area is 151 Å². The molecule has 1 atom stereocenters. The molecule has 0 bridgehead atoms. The molecule has 1 N–H and O–H groups in total. The normalized spacial score (nSPS) is 12.8. The summed E-state index contributed by atoms with van der Waals surface area (Å²) in [6, 6.07) is 9.11. The smallest absolute Gasteiger partial charge is 0.336 e. The Morgan fingerprint density at radius 2 is 2.08 bits per heavy atom. The second-order valence-electron chi connectivity index (χ2n) is 6.31. The van der Waals surface area contributed by atoms with E-state index in [1.165, 1.54) is 6.07 Å². The molecule has 0 aliphatic heterocycles. The van der Waals surface area contributed by atoms with Crippen LogP contribution in [0, 0.1) is 6.92 Å². The quantitative estimate of drug-likeness (QED) is 0.678. The van der Waals surface area contributed by atoms with E-state index >= 15 is 0 Å². The highest BCUT2D eigenvalue weighted by molar-refractivity contribution is 6.32. The lowest BCUT2D eigenvalue weighted by Crippen LogP contribution is -2.30. The SMILES string of the molecule is Cc1cc2oc(=O)cc(CNC[C@H](c3ccco3)N(C)C)c2cc1Cl. The molecule has 0 saturated heterocycles. The molecule has 0 radical (unpaired) electrons. The highest BCUT2D eigenvalue weighted by Gasteiger charge is 2.17. The fraction of sp³-hybridized carbons (Fsp3) is 0.316. The molecule has 2 aromatic heterocycles. The van der Waals surface area contributed by atoms with Gasteiger partial charge in [0, 0.05) is 29.6 Å².